The molecule has 0 heterocycles. The Morgan fingerprint density at radius 1 is 1.31 bits per heavy atom. The molecular formula is C20H19FN4O. The maximum atomic E-state index is 13.6. The molecule has 1 aliphatic rings. The summed E-state index contributed by atoms with van der Waals surface area (Å²) in [6, 6.07) is 13.7. The molecule has 1 fully saturated rings. The average Bonchev–Trinajstić information content (AvgIpc) is 3.46. The highest BCUT2D eigenvalue weighted by atomic mass is 19.1. The zero-order valence-electron chi connectivity index (χ0n) is 14.4. The number of hydrogen-bond acceptors (Lipinski definition) is 3. The number of nitrogens with zero attached hydrogens (tertiary/aromatic N) is 2. The summed E-state index contributed by atoms with van der Waals surface area (Å²) < 4.78 is 13.6. The van der Waals surface area contributed by atoms with Crippen molar-refractivity contribution in [3.8, 4) is 17.2 Å². The Morgan fingerprint density at radius 2 is 2.00 bits per heavy atom. The molecule has 6 heteroatoms. The first-order valence-electron chi connectivity index (χ1n) is 8.34. The maximum Gasteiger partial charge on any atom is 0.236 e. The molecule has 1 amide bonds. The molecule has 1 aliphatic carbocycles. The van der Waals surface area contributed by atoms with Crippen LogP contribution in [0.4, 0.5) is 4.39 Å². The summed E-state index contributed by atoms with van der Waals surface area (Å²) in [5.41, 5.74) is 7.81. The van der Waals surface area contributed by atoms with E-state index in [4.69, 9.17) is 16.4 Å². The van der Waals surface area contributed by atoms with Crippen LogP contribution in [0.3, 0.4) is 0 Å². The van der Waals surface area contributed by atoms with Gasteiger partial charge in [-0.15, -0.1) is 0 Å². The molecule has 2 aromatic carbocycles. The summed E-state index contributed by atoms with van der Waals surface area (Å²) in [4.78, 5) is 13.9. The standard InChI is InChI=1S/C20H19FN4O/c1-25(20(23)24)19(26)18(12-5-6-12)15-4-2-3-13(9-15)14-7-8-17(21)16(10-14)11-22/h2-4,7-10,12,18H,5-6H2,1H3,(H3,23,24)/t18-/m0/s1. The van der Waals surface area contributed by atoms with Crippen LogP contribution in [0.2, 0.25) is 0 Å². The van der Waals surface area contributed by atoms with Gasteiger partial charge in [-0.1, -0.05) is 30.3 Å². The molecule has 26 heavy (non-hydrogen) atoms. The van der Waals surface area contributed by atoms with Crippen LogP contribution in [0.15, 0.2) is 42.5 Å². The number of halogens is 1. The smallest absolute Gasteiger partial charge is 0.236 e. The SMILES string of the molecule is CN(C(=N)N)C(=O)[C@H](c1cccc(-c2ccc(F)c(C#N)c2)c1)C1CC1. The number of hydrogen-bond donors (Lipinski definition) is 2. The zero-order chi connectivity index (χ0) is 18.8. The lowest BCUT2D eigenvalue weighted by Crippen LogP contribution is -2.41. The van der Waals surface area contributed by atoms with Gasteiger partial charge >= 0.3 is 0 Å². The van der Waals surface area contributed by atoms with Crippen molar-refractivity contribution in [2.75, 3.05) is 7.05 Å². The number of carbonyl (C=O) groups excluding carboxylic acids is 1. The van der Waals surface area contributed by atoms with Crippen LogP contribution in [0.1, 0.15) is 29.9 Å². The highest BCUT2D eigenvalue weighted by molar-refractivity contribution is 5.98. The van der Waals surface area contributed by atoms with E-state index >= 15 is 0 Å². The van der Waals surface area contributed by atoms with Gasteiger partial charge in [0.2, 0.25) is 5.91 Å². The fourth-order valence-corrected chi connectivity index (χ4v) is 3.08. The quantitative estimate of drug-likeness (QED) is 0.655. The van der Waals surface area contributed by atoms with Crippen molar-refractivity contribution < 1.29 is 9.18 Å². The van der Waals surface area contributed by atoms with Gasteiger partial charge in [0.1, 0.15) is 11.9 Å². The van der Waals surface area contributed by atoms with E-state index in [-0.39, 0.29) is 29.3 Å². The van der Waals surface area contributed by atoms with Crippen molar-refractivity contribution in [2.45, 2.75) is 18.8 Å². The van der Waals surface area contributed by atoms with Gasteiger partial charge in [-0.2, -0.15) is 5.26 Å². The number of carbonyl (C=O) groups is 1. The van der Waals surface area contributed by atoms with Crippen LogP contribution >= 0.6 is 0 Å². The Kier molecular flexibility index (Phi) is 4.72. The molecule has 3 rings (SSSR count). The molecule has 1 saturated carbocycles. The van der Waals surface area contributed by atoms with Crippen molar-refractivity contribution in [1.29, 1.82) is 10.7 Å². The van der Waals surface area contributed by atoms with E-state index in [0.717, 1.165) is 24.0 Å². The first-order chi connectivity index (χ1) is 12.4. The van der Waals surface area contributed by atoms with E-state index < -0.39 is 5.82 Å². The second kappa shape index (κ2) is 6.96. The van der Waals surface area contributed by atoms with E-state index in [9.17, 15) is 9.18 Å². The lowest BCUT2D eigenvalue weighted by atomic mass is 9.90. The summed E-state index contributed by atoms with van der Waals surface area (Å²) in [6.07, 6.45) is 1.92. The van der Waals surface area contributed by atoms with E-state index in [1.54, 1.807) is 6.07 Å². The second-order valence-corrected chi connectivity index (χ2v) is 6.53. The molecule has 0 saturated heterocycles. The van der Waals surface area contributed by atoms with Gasteiger partial charge < -0.3 is 5.73 Å². The molecule has 1 atom stereocenters. The summed E-state index contributed by atoms with van der Waals surface area (Å²) in [7, 11) is 1.50. The number of nitriles is 1. The highest BCUT2D eigenvalue weighted by Gasteiger charge is 2.39. The monoisotopic (exact) mass is 350 g/mol. The lowest BCUT2D eigenvalue weighted by molar-refractivity contribution is -0.128. The Bertz CT molecular complexity index is 914. The average molecular weight is 350 g/mol. The summed E-state index contributed by atoms with van der Waals surface area (Å²) >= 11 is 0. The van der Waals surface area contributed by atoms with Crippen LogP contribution in [0.5, 0.6) is 0 Å². The summed E-state index contributed by atoms with van der Waals surface area (Å²) in [6.45, 7) is 0. The number of nitrogens with two attached hydrogens (primary N) is 1. The van der Waals surface area contributed by atoms with Crippen LogP contribution in [-0.4, -0.2) is 23.8 Å². The first-order valence-corrected chi connectivity index (χ1v) is 8.34. The molecular weight excluding hydrogens is 331 g/mol. The normalized spacial score (nSPS) is 14.3. The van der Waals surface area contributed by atoms with E-state index in [2.05, 4.69) is 0 Å². The fraction of sp³-hybridized carbons (Fsp3) is 0.250. The first kappa shape index (κ1) is 17.6. The molecule has 3 N–H and O–H groups in total. The van der Waals surface area contributed by atoms with Crippen molar-refractivity contribution in [3.63, 3.8) is 0 Å². The Morgan fingerprint density at radius 3 is 2.62 bits per heavy atom. The lowest BCUT2D eigenvalue weighted by Gasteiger charge is -2.23. The van der Waals surface area contributed by atoms with Crippen LogP contribution in [0, 0.1) is 28.5 Å². The molecule has 0 spiro atoms. The molecule has 0 aromatic heterocycles. The van der Waals surface area contributed by atoms with Crippen molar-refractivity contribution >= 4 is 11.9 Å². The van der Waals surface area contributed by atoms with Gasteiger partial charge in [0.05, 0.1) is 11.5 Å². The van der Waals surface area contributed by atoms with Crippen molar-refractivity contribution in [3.05, 3.63) is 59.4 Å². The predicted octanol–water partition coefficient (Wildman–Crippen LogP) is 3.21. The maximum absolute atomic E-state index is 13.6. The van der Waals surface area contributed by atoms with Crippen LogP contribution < -0.4 is 5.73 Å². The Labute approximate surface area is 151 Å². The molecule has 0 bridgehead atoms. The number of rotatable bonds is 4. The van der Waals surface area contributed by atoms with Gasteiger partial charge in [-0.25, -0.2) is 4.39 Å². The van der Waals surface area contributed by atoms with Crippen molar-refractivity contribution in [1.82, 2.24) is 4.90 Å². The second-order valence-electron chi connectivity index (χ2n) is 6.53. The molecule has 0 unspecified atom stereocenters. The number of amides is 1. The molecule has 0 aliphatic heterocycles. The Hall–Kier alpha value is -3.20. The van der Waals surface area contributed by atoms with Gasteiger partial charge in [0, 0.05) is 7.05 Å². The van der Waals surface area contributed by atoms with E-state index in [1.807, 2.05) is 30.3 Å². The van der Waals surface area contributed by atoms with Crippen LogP contribution in [0.25, 0.3) is 11.1 Å². The summed E-state index contributed by atoms with van der Waals surface area (Å²) in [5.74, 6) is -1.16. The minimum Gasteiger partial charge on any atom is -0.370 e. The van der Waals surface area contributed by atoms with Gasteiger partial charge in [-0.05, 0) is 47.6 Å². The third-order valence-corrected chi connectivity index (χ3v) is 4.72. The largest absolute Gasteiger partial charge is 0.370 e. The predicted molar refractivity (Wildman–Crippen MR) is 96.7 cm³/mol. The molecule has 0 radical (unpaired) electrons. The topological polar surface area (TPSA) is 94.0 Å². The molecule has 2 aromatic rings. The minimum absolute atomic E-state index is 0.0148. The highest BCUT2D eigenvalue weighted by Crippen LogP contribution is 2.44. The van der Waals surface area contributed by atoms with E-state index in [0.29, 0.717) is 5.56 Å². The molecule has 132 valence electrons. The number of guanidine groups is 1. The zero-order valence-corrected chi connectivity index (χ0v) is 14.4. The number of nitrogens with one attached hydrogen (secondary N) is 1. The van der Waals surface area contributed by atoms with E-state index in [1.165, 1.54) is 24.1 Å². The third kappa shape index (κ3) is 3.42. The van der Waals surface area contributed by atoms with Crippen LogP contribution in [-0.2, 0) is 4.79 Å². The molecule has 5 nitrogen and oxygen atoms in total. The minimum atomic E-state index is -0.554. The fourth-order valence-electron chi connectivity index (χ4n) is 3.08. The summed E-state index contributed by atoms with van der Waals surface area (Å²) in [5, 5.41) is 16.5. The third-order valence-electron chi connectivity index (χ3n) is 4.72. The van der Waals surface area contributed by atoms with Crippen molar-refractivity contribution in [2.24, 2.45) is 11.7 Å². The van der Waals surface area contributed by atoms with Gasteiger partial charge in [0.25, 0.3) is 0 Å². The van der Waals surface area contributed by atoms with Gasteiger partial charge in [-0.3, -0.25) is 15.1 Å². The number of likely N-dealkylation sites (N-methyl/N-ethyl adjacent to an activating group) is 1. The Balaban J connectivity index is 1.99. The number of benzene rings is 2. The van der Waals surface area contributed by atoms with Gasteiger partial charge in [0.15, 0.2) is 5.96 Å².